The van der Waals surface area contributed by atoms with Crippen LogP contribution in [0.5, 0.6) is 5.75 Å². The number of carbonyl (C=O) groups excluding carboxylic acids is 2. The Morgan fingerprint density at radius 3 is 2.75 bits per heavy atom. The molecule has 2 rings (SSSR count). The van der Waals surface area contributed by atoms with Gasteiger partial charge in [0.25, 0.3) is 0 Å². The lowest BCUT2D eigenvalue weighted by atomic mass is 10.1. The molecule has 6 nitrogen and oxygen atoms in total. The van der Waals surface area contributed by atoms with E-state index in [-0.39, 0.29) is 24.5 Å². The van der Waals surface area contributed by atoms with E-state index in [9.17, 15) is 9.59 Å². The van der Waals surface area contributed by atoms with Gasteiger partial charge in [-0.05, 0) is 18.2 Å². The van der Waals surface area contributed by atoms with Gasteiger partial charge in [0, 0.05) is 44.0 Å². The summed E-state index contributed by atoms with van der Waals surface area (Å²) in [4.78, 5) is 26.4. The van der Waals surface area contributed by atoms with Crippen LogP contribution < -0.4 is 10.1 Å². The summed E-state index contributed by atoms with van der Waals surface area (Å²) < 4.78 is 10.4. The van der Waals surface area contributed by atoms with Crippen LogP contribution >= 0.6 is 11.6 Å². The third-order valence-electron chi connectivity index (χ3n) is 3.89. The van der Waals surface area contributed by atoms with Gasteiger partial charge in [0.05, 0.1) is 25.9 Å². The quantitative estimate of drug-likeness (QED) is 0.720. The van der Waals surface area contributed by atoms with Crippen molar-refractivity contribution < 1.29 is 19.1 Å². The molecular formula is C17H23ClN2O4. The van der Waals surface area contributed by atoms with E-state index >= 15 is 0 Å². The standard InChI is InChI=1S/C17H23ClN2O4/c1-23-16-4-2-13(18)12-14(16)15(21)3-5-17(22)19-6-7-20-8-10-24-11-9-20/h2,4,12H,3,5-11H2,1H3,(H,19,22). The molecule has 1 N–H and O–H groups in total. The fourth-order valence-electron chi connectivity index (χ4n) is 2.53. The summed E-state index contributed by atoms with van der Waals surface area (Å²) >= 11 is 5.92. The number of rotatable bonds is 8. The van der Waals surface area contributed by atoms with E-state index in [1.54, 1.807) is 18.2 Å². The minimum atomic E-state index is -0.155. The molecule has 0 aliphatic carbocycles. The summed E-state index contributed by atoms with van der Waals surface area (Å²) in [6.45, 7) is 4.64. The van der Waals surface area contributed by atoms with Gasteiger partial charge in [0.1, 0.15) is 5.75 Å². The SMILES string of the molecule is COc1ccc(Cl)cc1C(=O)CCC(=O)NCCN1CCOCC1. The molecule has 0 saturated carbocycles. The summed E-state index contributed by atoms with van der Waals surface area (Å²) in [6.07, 6.45) is 0.275. The number of benzene rings is 1. The molecule has 24 heavy (non-hydrogen) atoms. The Morgan fingerprint density at radius 1 is 1.29 bits per heavy atom. The predicted molar refractivity (Wildman–Crippen MR) is 91.8 cm³/mol. The number of hydrogen-bond donors (Lipinski definition) is 1. The van der Waals surface area contributed by atoms with Crippen LogP contribution in [0.4, 0.5) is 0 Å². The second-order valence-electron chi connectivity index (χ2n) is 5.57. The minimum absolute atomic E-state index is 0.125. The maximum Gasteiger partial charge on any atom is 0.220 e. The van der Waals surface area contributed by atoms with Crippen LogP contribution in [0.25, 0.3) is 0 Å². The Balaban J connectivity index is 1.73. The Labute approximate surface area is 147 Å². The highest BCUT2D eigenvalue weighted by Crippen LogP contribution is 2.24. The van der Waals surface area contributed by atoms with Crippen molar-refractivity contribution >= 4 is 23.3 Å². The molecule has 0 spiro atoms. The van der Waals surface area contributed by atoms with Crippen LogP contribution in [-0.4, -0.2) is 63.1 Å². The van der Waals surface area contributed by atoms with Crippen LogP contribution in [0.2, 0.25) is 5.02 Å². The molecular weight excluding hydrogens is 332 g/mol. The van der Waals surface area contributed by atoms with Gasteiger partial charge in [-0.1, -0.05) is 11.6 Å². The molecule has 1 amide bonds. The maximum absolute atomic E-state index is 12.3. The fourth-order valence-corrected chi connectivity index (χ4v) is 2.70. The van der Waals surface area contributed by atoms with Gasteiger partial charge in [-0.15, -0.1) is 0 Å². The number of halogens is 1. The summed E-state index contributed by atoms with van der Waals surface area (Å²) in [6, 6.07) is 4.88. The van der Waals surface area contributed by atoms with E-state index in [4.69, 9.17) is 21.1 Å². The van der Waals surface area contributed by atoms with Gasteiger partial charge in [-0.2, -0.15) is 0 Å². The van der Waals surface area contributed by atoms with Crippen LogP contribution in [-0.2, 0) is 9.53 Å². The lowest BCUT2D eigenvalue weighted by Crippen LogP contribution is -2.41. The summed E-state index contributed by atoms with van der Waals surface area (Å²) in [5.74, 6) is 0.187. The number of nitrogens with zero attached hydrogens (tertiary/aromatic N) is 1. The first kappa shape index (κ1) is 18.7. The second kappa shape index (κ2) is 9.61. The zero-order valence-electron chi connectivity index (χ0n) is 13.8. The van der Waals surface area contributed by atoms with Gasteiger partial charge in [-0.3, -0.25) is 14.5 Å². The molecule has 1 heterocycles. The van der Waals surface area contributed by atoms with Gasteiger partial charge >= 0.3 is 0 Å². The Kier molecular flexibility index (Phi) is 7.49. The summed E-state index contributed by atoms with van der Waals surface area (Å²) in [7, 11) is 1.50. The predicted octanol–water partition coefficient (Wildman–Crippen LogP) is 1.76. The number of carbonyl (C=O) groups is 2. The zero-order chi connectivity index (χ0) is 17.4. The smallest absolute Gasteiger partial charge is 0.220 e. The first-order valence-corrected chi connectivity index (χ1v) is 8.41. The van der Waals surface area contributed by atoms with Gasteiger partial charge in [0.2, 0.25) is 5.91 Å². The number of morpholine rings is 1. The topological polar surface area (TPSA) is 67.9 Å². The maximum atomic E-state index is 12.3. The monoisotopic (exact) mass is 354 g/mol. The third-order valence-corrected chi connectivity index (χ3v) is 4.13. The number of amides is 1. The Hall–Kier alpha value is -1.63. The molecule has 132 valence electrons. The Morgan fingerprint density at radius 2 is 2.04 bits per heavy atom. The summed E-state index contributed by atoms with van der Waals surface area (Å²) in [5.41, 5.74) is 0.408. The first-order valence-electron chi connectivity index (χ1n) is 8.03. The molecule has 0 radical (unpaired) electrons. The molecule has 0 bridgehead atoms. The largest absolute Gasteiger partial charge is 0.496 e. The number of Topliss-reactive ketones (excluding diaryl/α,β-unsaturated/α-hetero) is 1. The van der Waals surface area contributed by atoms with Gasteiger partial charge in [-0.25, -0.2) is 0 Å². The van der Waals surface area contributed by atoms with Crippen molar-refractivity contribution in [1.29, 1.82) is 0 Å². The average Bonchev–Trinajstić information content (AvgIpc) is 2.60. The number of ketones is 1. The van der Waals surface area contributed by atoms with Crippen molar-refractivity contribution in [2.75, 3.05) is 46.5 Å². The average molecular weight is 355 g/mol. The number of methoxy groups -OCH3 is 1. The number of nitrogens with one attached hydrogen (secondary N) is 1. The normalized spacial score (nSPS) is 15.1. The molecule has 0 unspecified atom stereocenters. The highest BCUT2D eigenvalue weighted by Gasteiger charge is 2.15. The van der Waals surface area contributed by atoms with Crippen molar-refractivity contribution in [3.05, 3.63) is 28.8 Å². The third kappa shape index (κ3) is 5.78. The fraction of sp³-hybridized carbons (Fsp3) is 0.529. The van der Waals surface area contributed by atoms with Crippen molar-refractivity contribution in [2.24, 2.45) is 0 Å². The van der Waals surface area contributed by atoms with Crippen molar-refractivity contribution in [2.45, 2.75) is 12.8 Å². The van der Waals surface area contributed by atoms with Crippen molar-refractivity contribution in [3.8, 4) is 5.75 Å². The van der Waals surface area contributed by atoms with E-state index in [2.05, 4.69) is 10.2 Å². The highest BCUT2D eigenvalue weighted by atomic mass is 35.5. The molecule has 1 aliphatic heterocycles. The molecule has 0 aromatic heterocycles. The summed E-state index contributed by atoms with van der Waals surface area (Å²) in [5, 5.41) is 3.31. The van der Waals surface area contributed by atoms with Crippen LogP contribution in [0.1, 0.15) is 23.2 Å². The van der Waals surface area contributed by atoms with E-state index in [0.717, 1.165) is 32.8 Å². The van der Waals surface area contributed by atoms with Crippen molar-refractivity contribution in [3.63, 3.8) is 0 Å². The zero-order valence-corrected chi connectivity index (χ0v) is 14.6. The lowest BCUT2D eigenvalue weighted by Gasteiger charge is -2.26. The molecule has 1 fully saturated rings. The Bertz CT molecular complexity index is 574. The number of ether oxygens (including phenoxy) is 2. The molecule has 1 aliphatic rings. The van der Waals surface area contributed by atoms with Crippen molar-refractivity contribution in [1.82, 2.24) is 10.2 Å². The molecule has 7 heteroatoms. The van der Waals surface area contributed by atoms with E-state index in [0.29, 0.717) is 22.9 Å². The van der Waals surface area contributed by atoms with Gasteiger partial charge < -0.3 is 14.8 Å². The van der Waals surface area contributed by atoms with Crippen LogP contribution in [0, 0.1) is 0 Å². The number of hydrogen-bond acceptors (Lipinski definition) is 5. The highest BCUT2D eigenvalue weighted by molar-refractivity contribution is 6.31. The van der Waals surface area contributed by atoms with Crippen LogP contribution in [0.3, 0.4) is 0 Å². The minimum Gasteiger partial charge on any atom is -0.496 e. The van der Waals surface area contributed by atoms with Gasteiger partial charge in [0.15, 0.2) is 5.78 Å². The van der Waals surface area contributed by atoms with Crippen LogP contribution in [0.15, 0.2) is 18.2 Å². The molecule has 0 atom stereocenters. The second-order valence-corrected chi connectivity index (χ2v) is 6.01. The lowest BCUT2D eigenvalue weighted by molar-refractivity contribution is -0.121. The molecule has 1 aromatic carbocycles. The van der Waals surface area contributed by atoms with E-state index in [1.165, 1.54) is 7.11 Å². The van der Waals surface area contributed by atoms with E-state index < -0.39 is 0 Å². The molecule has 1 saturated heterocycles. The van der Waals surface area contributed by atoms with E-state index in [1.807, 2.05) is 0 Å². The molecule has 1 aromatic rings. The first-order chi connectivity index (χ1) is 11.6.